The highest BCUT2D eigenvalue weighted by Crippen LogP contribution is 2.37. The second-order valence-corrected chi connectivity index (χ2v) is 6.52. The van der Waals surface area contributed by atoms with E-state index in [9.17, 15) is 27.2 Å². The molecule has 2 heterocycles. The Balaban J connectivity index is 1.76. The molecule has 1 fully saturated rings. The molecule has 0 bridgehead atoms. The van der Waals surface area contributed by atoms with Crippen LogP contribution in [0, 0.1) is 5.82 Å². The fourth-order valence-corrected chi connectivity index (χ4v) is 3.00. The van der Waals surface area contributed by atoms with Crippen LogP contribution in [0.3, 0.4) is 0 Å². The standard InChI is InChI=1S/C16H11F4N3O2S/c17-13-7-21-6-5-10(13)8-22-9-14(24)23(15(22)25)11-1-3-12(4-2-11)26-16(18,19)20/h1-7H,8-9H2. The summed E-state index contributed by atoms with van der Waals surface area (Å²) in [5, 5.41) is 0. The maximum absolute atomic E-state index is 13.7. The zero-order valence-electron chi connectivity index (χ0n) is 13.0. The average molecular weight is 385 g/mol. The lowest BCUT2D eigenvalue weighted by Gasteiger charge is -2.17. The first-order valence-electron chi connectivity index (χ1n) is 7.30. The molecule has 26 heavy (non-hydrogen) atoms. The lowest BCUT2D eigenvalue weighted by molar-refractivity contribution is -0.116. The molecule has 0 saturated carbocycles. The molecule has 3 amide bonds. The number of halogens is 4. The van der Waals surface area contributed by atoms with Crippen molar-refractivity contribution in [3.63, 3.8) is 0 Å². The van der Waals surface area contributed by atoms with Gasteiger partial charge in [-0.3, -0.25) is 9.78 Å². The van der Waals surface area contributed by atoms with Crippen LogP contribution in [0.15, 0.2) is 47.6 Å². The molecule has 0 aliphatic carbocycles. The summed E-state index contributed by atoms with van der Waals surface area (Å²) in [6.07, 6.45) is 2.38. The Morgan fingerprint density at radius 3 is 2.42 bits per heavy atom. The number of anilines is 1. The third-order valence-electron chi connectivity index (χ3n) is 3.58. The van der Waals surface area contributed by atoms with Crippen molar-refractivity contribution in [3.8, 4) is 0 Å². The van der Waals surface area contributed by atoms with E-state index < -0.39 is 23.3 Å². The van der Waals surface area contributed by atoms with Crippen molar-refractivity contribution in [2.75, 3.05) is 11.4 Å². The zero-order chi connectivity index (χ0) is 18.9. The summed E-state index contributed by atoms with van der Waals surface area (Å²) >= 11 is -0.289. The normalized spacial score (nSPS) is 15.1. The van der Waals surface area contributed by atoms with Crippen molar-refractivity contribution < 1.29 is 27.2 Å². The van der Waals surface area contributed by atoms with Gasteiger partial charge < -0.3 is 4.90 Å². The monoisotopic (exact) mass is 385 g/mol. The van der Waals surface area contributed by atoms with Crippen LogP contribution in [0.4, 0.5) is 28.0 Å². The van der Waals surface area contributed by atoms with Crippen molar-refractivity contribution in [2.24, 2.45) is 0 Å². The number of carbonyl (C=O) groups excluding carboxylic acids is 2. The Morgan fingerprint density at radius 2 is 1.81 bits per heavy atom. The molecule has 2 aromatic rings. The van der Waals surface area contributed by atoms with E-state index in [1.165, 1.54) is 36.5 Å². The summed E-state index contributed by atoms with van der Waals surface area (Å²) in [7, 11) is 0. The molecule has 1 saturated heterocycles. The molecule has 0 spiro atoms. The van der Waals surface area contributed by atoms with Crippen LogP contribution in [0.5, 0.6) is 0 Å². The van der Waals surface area contributed by atoms with Crippen LogP contribution < -0.4 is 4.90 Å². The fourth-order valence-electron chi connectivity index (χ4n) is 2.46. The number of imide groups is 1. The van der Waals surface area contributed by atoms with Crippen LogP contribution in [0.1, 0.15) is 5.56 Å². The molecule has 1 aliphatic rings. The van der Waals surface area contributed by atoms with Gasteiger partial charge in [0.25, 0.3) is 5.91 Å². The number of urea groups is 1. The van der Waals surface area contributed by atoms with E-state index in [-0.39, 0.29) is 41.0 Å². The SMILES string of the molecule is O=C1CN(Cc2ccncc2F)C(=O)N1c1ccc(SC(F)(F)F)cc1. The minimum Gasteiger partial charge on any atom is -0.310 e. The van der Waals surface area contributed by atoms with E-state index in [0.29, 0.717) is 0 Å². The van der Waals surface area contributed by atoms with Crippen molar-refractivity contribution in [1.29, 1.82) is 0 Å². The predicted octanol–water partition coefficient (Wildman–Crippen LogP) is 3.80. The summed E-state index contributed by atoms with van der Waals surface area (Å²) in [6.45, 7) is -0.364. The first-order valence-corrected chi connectivity index (χ1v) is 8.12. The molecule has 10 heteroatoms. The molecule has 5 nitrogen and oxygen atoms in total. The van der Waals surface area contributed by atoms with Gasteiger partial charge in [0, 0.05) is 16.7 Å². The number of pyridine rings is 1. The number of amides is 3. The average Bonchev–Trinajstić information content (AvgIpc) is 2.83. The van der Waals surface area contributed by atoms with Gasteiger partial charge in [-0.15, -0.1) is 0 Å². The first kappa shape index (κ1) is 18.2. The molecular formula is C16H11F4N3O2S. The van der Waals surface area contributed by atoms with Gasteiger partial charge in [0.2, 0.25) is 0 Å². The van der Waals surface area contributed by atoms with Crippen LogP contribution in [-0.2, 0) is 11.3 Å². The molecule has 0 atom stereocenters. The van der Waals surface area contributed by atoms with Crippen LogP contribution in [0.25, 0.3) is 0 Å². The second-order valence-electron chi connectivity index (χ2n) is 5.38. The van der Waals surface area contributed by atoms with Gasteiger partial charge in [-0.1, -0.05) is 0 Å². The summed E-state index contributed by atoms with van der Waals surface area (Å²) in [5.74, 6) is -1.14. The maximum Gasteiger partial charge on any atom is 0.446 e. The molecule has 0 unspecified atom stereocenters. The Bertz CT molecular complexity index is 842. The van der Waals surface area contributed by atoms with Crippen molar-refractivity contribution in [2.45, 2.75) is 16.9 Å². The Morgan fingerprint density at radius 1 is 1.12 bits per heavy atom. The smallest absolute Gasteiger partial charge is 0.310 e. The molecule has 1 aliphatic heterocycles. The number of thioether (sulfide) groups is 1. The highest BCUT2D eigenvalue weighted by molar-refractivity contribution is 8.00. The zero-order valence-corrected chi connectivity index (χ0v) is 13.9. The third-order valence-corrected chi connectivity index (χ3v) is 4.32. The molecule has 1 aromatic carbocycles. The highest BCUT2D eigenvalue weighted by atomic mass is 32.2. The van der Waals surface area contributed by atoms with Crippen molar-refractivity contribution in [3.05, 3.63) is 54.1 Å². The minimum absolute atomic E-state index is 0.0592. The minimum atomic E-state index is -4.42. The number of hydrogen-bond acceptors (Lipinski definition) is 4. The van der Waals surface area contributed by atoms with Crippen LogP contribution >= 0.6 is 11.8 Å². The summed E-state index contributed by atoms with van der Waals surface area (Å²) in [5.41, 5.74) is -4.06. The fraction of sp³-hybridized carbons (Fsp3) is 0.188. The van der Waals surface area contributed by atoms with Gasteiger partial charge in [-0.05, 0) is 42.1 Å². The lowest BCUT2D eigenvalue weighted by Crippen LogP contribution is -2.32. The van der Waals surface area contributed by atoms with E-state index in [4.69, 9.17) is 0 Å². The van der Waals surface area contributed by atoms with Crippen LogP contribution in [0.2, 0.25) is 0 Å². The molecule has 0 N–H and O–H groups in total. The lowest BCUT2D eigenvalue weighted by atomic mass is 10.2. The Kier molecular flexibility index (Phi) is 4.86. The van der Waals surface area contributed by atoms with Gasteiger partial charge in [0.15, 0.2) is 0 Å². The van der Waals surface area contributed by atoms with E-state index in [1.54, 1.807) is 0 Å². The number of benzene rings is 1. The van der Waals surface area contributed by atoms with Gasteiger partial charge in [0.05, 0.1) is 18.4 Å². The summed E-state index contributed by atoms with van der Waals surface area (Å²) in [4.78, 5) is 30.2. The molecule has 3 rings (SSSR count). The van der Waals surface area contributed by atoms with Gasteiger partial charge >= 0.3 is 11.5 Å². The van der Waals surface area contributed by atoms with E-state index in [2.05, 4.69) is 4.98 Å². The van der Waals surface area contributed by atoms with E-state index in [0.717, 1.165) is 16.0 Å². The second kappa shape index (κ2) is 6.94. The van der Waals surface area contributed by atoms with Crippen molar-refractivity contribution in [1.82, 2.24) is 9.88 Å². The maximum atomic E-state index is 13.7. The quantitative estimate of drug-likeness (QED) is 0.456. The molecule has 1 aromatic heterocycles. The largest absolute Gasteiger partial charge is 0.446 e. The highest BCUT2D eigenvalue weighted by Gasteiger charge is 2.37. The topological polar surface area (TPSA) is 53.5 Å². The summed E-state index contributed by atoms with van der Waals surface area (Å²) in [6, 6.07) is 5.63. The van der Waals surface area contributed by atoms with Crippen LogP contribution in [-0.4, -0.2) is 33.9 Å². The molecule has 136 valence electrons. The predicted molar refractivity (Wildman–Crippen MR) is 85.8 cm³/mol. The van der Waals surface area contributed by atoms with E-state index >= 15 is 0 Å². The van der Waals surface area contributed by atoms with Gasteiger partial charge in [-0.2, -0.15) is 13.2 Å². The van der Waals surface area contributed by atoms with Gasteiger partial charge in [0.1, 0.15) is 12.4 Å². The number of rotatable bonds is 4. The third kappa shape index (κ3) is 3.96. The first-order chi connectivity index (χ1) is 12.2. The number of nitrogens with zero attached hydrogens (tertiary/aromatic N) is 3. The Hall–Kier alpha value is -2.62. The van der Waals surface area contributed by atoms with Gasteiger partial charge in [-0.25, -0.2) is 14.1 Å². The number of aromatic nitrogens is 1. The molecule has 0 radical (unpaired) electrons. The number of hydrogen-bond donors (Lipinski definition) is 0. The summed E-state index contributed by atoms with van der Waals surface area (Å²) < 4.78 is 50.8. The number of carbonyl (C=O) groups is 2. The van der Waals surface area contributed by atoms with E-state index in [1.807, 2.05) is 0 Å². The molecular weight excluding hydrogens is 374 g/mol. The Labute approximate surface area is 149 Å². The van der Waals surface area contributed by atoms with Crippen molar-refractivity contribution >= 4 is 29.4 Å². The number of alkyl halides is 3.